The van der Waals surface area contributed by atoms with E-state index in [-0.39, 0.29) is 65.1 Å². The number of halogens is 2. The van der Waals surface area contributed by atoms with Crippen LogP contribution in [0.4, 0.5) is 8.78 Å². The number of imide groups is 1. The van der Waals surface area contributed by atoms with Crippen LogP contribution in [0.1, 0.15) is 91.4 Å². The Balaban J connectivity index is 0.887. The number of fused-ring (bicyclic) bond motifs is 2. The number of nitrogens with zero attached hydrogens (tertiary/aromatic N) is 5. The summed E-state index contributed by atoms with van der Waals surface area (Å²) in [4.78, 5) is 106. The molecule has 390 valence electrons. The second kappa shape index (κ2) is 20.7. The second-order valence-corrected chi connectivity index (χ2v) is 23.3. The number of hydrogen-bond donors (Lipinski definition) is 4. The van der Waals surface area contributed by atoms with E-state index in [1.165, 1.54) is 21.3 Å². The second-order valence-electron chi connectivity index (χ2n) is 20.6. The molecule has 0 spiro atoms. The molecule has 73 heavy (non-hydrogen) atoms. The van der Waals surface area contributed by atoms with Crippen molar-refractivity contribution in [3.05, 3.63) is 105 Å². The third-order valence-corrected chi connectivity index (χ3v) is 16.6. The summed E-state index contributed by atoms with van der Waals surface area (Å²) in [5.41, 5.74) is -3.23. The first kappa shape index (κ1) is 52.4. The number of piperidine rings is 2. The summed E-state index contributed by atoms with van der Waals surface area (Å²) in [5.74, 6) is -1.99. The Bertz CT molecular complexity index is 3050. The lowest BCUT2D eigenvalue weighted by atomic mass is 9.83. The van der Waals surface area contributed by atoms with Gasteiger partial charge in [-0.05, 0) is 77.9 Å². The zero-order chi connectivity index (χ0) is 52.1. The molecule has 0 saturated carbocycles. The number of morpholine rings is 1. The van der Waals surface area contributed by atoms with Gasteiger partial charge in [-0.1, -0.05) is 63.2 Å². The molecular weight excluding hydrogens is 988 g/mol. The van der Waals surface area contributed by atoms with Crippen LogP contribution in [0.3, 0.4) is 0 Å². The van der Waals surface area contributed by atoms with Crippen molar-refractivity contribution in [3.8, 4) is 0 Å². The molecule has 4 aliphatic heterocycles. The molecule has 4 amide bonds. The Morgan fingerprint density at radius 2 is 1.67 bits per heavy atom. The van der Waals surface area contributed by atoms with Crippen molar-refractivity contribution in [2.45, 2.75) is 102 Å². The number of likely N-dealkylation sites (tertiary alicyclic amines) is 2. The van der Waals surface area contributed by atoms with Gasteiger partial charge >= 0.3 is 18.9 Å². The maximum Gasteiger partial charge on any atom is 0.399 e. The highest BCUT2D eigenvalue weighted by molar-refractivity contribution is 7.52. The fourth-order valence-electron chi connectivity index (χ4n) is 10.6. The van der Waals surface area contributed by atoms with Crippen LogP contribution in [0.25, 0.3) is 21.1 Å². The number of nitrogens with one attached hydrogen (secondary N) is 2. The minimum absolute atomic E-state index is 0.109. The summed E-state index contributed by atoms with van der Waals surface area (Å²) in [7, 11) is -4.16. The van der Waals surface area contributed by atoms with E-state index in [1.807, 2.05) is 53.4 Å². The van der Waals surface area contributed by atoms with E-state index in [1.54, 1.807) is 32.7 Å². The number of Topliss-reactive ketones (excluding diaryl/α,β-unsaturated/α-hetero) is 1. The van der Waals surface area contributed by atoms with E-state index < -0.39 is 60.3 Å². The summed E-state index contributed by atoms with van der Waals surface area (Å²) in [5, 5.41) is 5.40. The van der Waals surface area contributed by atoms with Crippen molar-refractivity contribution in [3.63, 3.8) is 0 Å². The van der Waals surface area contributed by atoms with Gasteiger partial charge in [0.25, 0.3) is 5.91 Å². The molecule has 0 bridgehead atoms. The summed E-state index contributed by atoms with van der Waals surface area (Å²) < 4.78 is 57.1. The van der Waals surface area contributed by atoms with Crippen molar-refractivity contribution >= 4 is 69.5 Å². The van der Waals surface area contributed by atoms with Crippen LogP contribution in [0.15, 0.2) is 77.6 Å². The summed E-state index contributed by atoms with van der Waals surface area (Å²) in [6.45, 7) is 8.59. The van der Waals surface area contributed by atoms with Crippen LogP contribution in [0.2, 0.25) is 0 Å². The fraction of sp³-hybridized carbons (Fsp3) is 0.490. The number of alkyl halides is 2. The Labute approximate surface area is 423 Å². The van der Waals surface area contributed by atoms with Crippen molar-refractivity contribution in [1.29, 1.82) is 0 Å². The average molecular weight is 1050 g/mol. The topological polar surface area (TPSA) is 222 Å². The number of ketones is 1. The van der Waals surface area contributed by atoms with Gasteiger partial charge in [-0.3, -0.25) is 52.8 Å². The molecule has 4 N–H and O–H groups in total. The maximum absolute atomic E-state index is 14.9. The molecule has 2 aromatic heterocycles. The van der Waals surface area contributed by atoms with Gasteiger partial charge in [0.15, 0.2) is 5.78 Å². The number of carbonyl (C=O) groups is 5. The van der Waals surface area contributed by atoms with Crippen LogP contribution in [-0.4, -0.2) is 133 Å². The average Bonchev–Trinajstić information content (AvgIpc) is 4.03. The Morgan fingerprint density at radius 3 is 2.37 bits per heavy atom. The van der Waals surface area contributed by atoms with Crippen LogP contribution in [-0.2, 0) is 52.5 Å². The Kier molecular flexibility index (Phi) is 14.8. The van der Waals surface area contributed by atoms with Gasteiger partial charge in [0.05, 0.1) is 53.9 Å². The van der Waals surface area contributed by atoms with Crippen LogP contribution in [0.5, 0.6) is 0 Å². The van der Waals surface area contributed by atoms with Gasteiger partial charge < -0.3 is 29.5 Å². The lowest BCUT2D eigenvalue weighted by Crippen LogP contribution is -2.57. The highest BCUT2D eigenvalue weighted by Crippen LogP contribution is 2.59. The monoisotopic (exact) mass is 1050 g/mol. The molecule has 22 heteroatoms. The van der Waals surface area contributed by atoms with Crippen molar-refractivity contribution in [2.75, 3.05) is 45.9 Å². The molecule has 18 nitrogen and oxygen atoms in total. The summed E-state index contributed by atoms with van der Waals surface area (Å²) in [6, 6.07) is 17.3. The smallest absolute Gasteiger partial charge is 0.373 e. The molecule has 5 atom stereocenters. The molecule has 0 radical (unpaired) electrons. The third kappa shape index (κ3) is 10.9. The van der Waals surface area contributed by atoms with Crippen LogP contribution >= 0.6 is 18.9 Å². The summed E-state index contributed by atoms with van der Waals surface area (Å²) >= 11 is 0.988. The highest BCUT2D eigenvalue weighted by atomic mass is 32.1. The zero-order valence-electron chi connectivity index (χ0n) is 41.0. The van der Waals surface area contributed by atoms with E-state index in [9.17, 15) is 51.9 Å². The van der Waals surface area contributed by atoms with Gasteiger partial charge in [0.2, 0.25) is 17.7 Å². The van der Waals surface area contributed by atoms with Gasteiger partial charge in [0.1, 0.15) is 18.2 Å². The largest absolute Gasteiger partial charge is 0.399 e. The molecule has 0 aliphatic carbocycles. The third-order valence-electron chi connectivity index (χ3n) is 14.5. The fourth-order valence-corrected chi connectivity index (χ4v) is 12.0. The number of imidazole rings is 1. The SMILES string of the molecule is Cn1c(=O)n(C2CCC(=O)NC2=O)c2ccc(CN3CCC(O[C@@H]4CCN(CC(=O)[C@@H](NC(=O)c5cc6cc(C(F)(F)P(=O)(O)O)ccc6s5)C(C)(C)C)[C@@H]4C(=O)N4CCO[C@H](c5ccccc5)C4)CC3)cc21. The zero-order valence-corrected chi connectivity index (χ0v) is 42.7. The quantitative estimate of drug-likeness (QED) is 0.0832. The number of amides is 4. The van der Waals surface area contributed by atoms with Gasteiger partial charge in [0, 0.05) is 56.5 Å². The number of thiophene rings is 1. The number of aryl methyl sites for hydroxylation is 1. The van der Waals surface area contributed by atoms with Crippen LogP contribution < -0.4 is 16.3 Å². The molecule has 5 aromatic rings. The van der Waals surface area contributed by atoms with E-state index >= 15 is 0 Å². The molecule has 4 fully saturated rings. The van der Waals surface area contributed by atoms with E-state index in [2.05, 4.69) is 15.5 Å². The number of hydrogen-bond acceptors (Lipinski definition) is 12. The molecule has 4 saturated heterocycles. The molecule has 9 rings (SSSR count). The highest BCUT2D eigenvalue weighted by Gasteiger charge is 2.51. The lowest BCUT2D eigenvalue weighted by molar-refractivity contribution is -0.150. The molecule has 4 aliphatic rings. The van der Waals surface area contributed by atoms with Gasteiger partial charge in [-0.15, -0.1) is 11.3 Å². The number of benzene rings is 3. The standard InChI is InChI=1S/C51H60F2N7O11PS/c1-50(2,3)45(55-47(64)42-26-32-25-33(11-14-41(32)73-42)51(52,53)72(67,68)69)38(61)28-58-21-18-39(44(58)48(65)59-22-23-70-40(29-59)31-8-6-5-7-9-31)71-34-16-19-57(20-17-34)27-30-10-12-35-37(24-30)56(4)49(66)60(35)36-13-15-43(62)54-46(36)63/h5-12,14,24-26,34,36,39-40,44-45H,13,15-23,27-29H2,1-4H3,(H,55,64)(H,54,62,63)(H2,67,68,69)/t36?,39-,40+,44+,45-/m1/s1. The van der Waals surface area contributed by atoms with E-state index in [0.29, 0.717) is 80.9 Å². The van der Waals surface area contributed by atoms with E-state index in [4.69, 9.17) is 9.47 Å². The van der Waals surface area contributed by atoms with Crippen molar-refractivity contribution in [1.82, 2.24) is 34.5 Å². The van der Waals surface area contributed by atoms with Crippen molar-refractivity contribution in [2.24, 2.45) is 12.5 Å². The number of carbonyl (C=O) groups excluding carboxylic acids is 5. The number of rotatable bonds is 14. The predicted molar refractivity (Wildman–Crippen MR) is 267 cm³/mol. The molecular formula is C51H60F2N7O11PS. The Morgan fingerprint density at radius 1 is 0.932 bits per heavy atom. The molecule has 6 heterocycles. The normalized spacial score (nSPS) is 22.5. The predicted octanol–water partition coefficient (Wildman–Crippen LogP) is 5.20. The van der Waals surface area contributed by atoms with E-state index in [0.717, 1.165) is 34.6 Å². The summed E-state index contributed by atoms with van der Waals surface area (Å²) in [6.07, 6.45) is 1.17. The number of ether oxygens (including phenoxy) is 2. The first-order chi connectivity index (χ1) is 34.6. The minimum atomic E-state index is -5.83. The lowest BCUT2D eigenvalue weighted by Gasteiger charge is -2.39. The first-order valence-corrected chi connectivity index (χ1v) is 26.9. The number of aromatic nitrogens is 2. The van der Waals surface area contributed by atoms with Gasteiger partial charge in [-0.25, -0.2) is 4.79 Å². The Hall–Kier alpha value is -5.51. The van der Waals surface area contributed by atoms with Crippen LogP contribution in [0, 0.1) is 5.41 Å². The minimum Gasteiger partial charge on any atom is -0.373 e. The molecule has 1 unspecified atom stereocenters. The van der Waals surface area contributed by atoms with Gasteiger partial charge in [-0.2, -0.15) is 8.78 Å². The molecule has 3 aromatic carbocycles. The first-order valence-electron chi connectivity index (χ1n) is 24.5. The maximum atomic E-state index is 14.9. The van der Waals surface area contributed by atoms with Crippen molar-refractivity contribution < 1.29 is 56.6 Å².